The molecule has 0 saturated carbocycles. The molecule has 1 amide bonds. The van der Waals surface area contributed by atoms with Gasteiger partial charge in [-0.2, -0.15) is 13.2 Å². The largest absolute Gasteiger partial charge is 0.434 e. The number of thiazole rings is 1. The third kappa shape index (κ3) is 7.09. The number of rotatable bonds is 5. The van der Waals surface area contributed by atoms with Crippen LogP contribution >= 0.6 is 35.3 Å². The minimum absolute atomic E-state index is 0. The van der Waals surface area contributed by atoms with Gasteiger partial charge in [0.25, 0.3) is 0 Å². The summed E-state index contributed by atoms with van der Waals surface area (Å²) in [5.74, 6) is 0.689. The predicted molar refractivity (Wildman–Crippen MR) is 111 cm³/mol. The van der Waals surface area contributed by atoms with Gasteiger partial charge in [-0.3, -0.25) is 9.79 Å². The summed E-state index contributed by atoms with van der Waals surface area (Å²) in [6.07, 6.45) is -3.19. The van der Waals surface area contributed by atoms with E-state index < -0.39 is 11.9 Å². The van der Waals surface area contributed by atoms with Crippen molar-refractivity contribution in [2.75, 3.05) is 26.7 Å². The number of hydrogen-bond acceptors (Lipinski definition) is 4. The molecule has 1 aliphatic heterocycles. The van der Waals surface area contributed by atoms with Crippen LogP contribution in [-0.4, -0.2) is 54.5 Å². The molecule has 1 aromatic heterocycles. The van der Waals surface area contributed by atoms with Crippen LogP contribution in [0.4, 0.5) is 13.2 Å². The Morgan fingerprint density at radius 1 is 1.48 bits per heavy atom. The molecule has 0 radical (unpaired) electrons. The van der Waals surface area contributed by atoms with E-state index in [0.29, 0.717) is 37.0 Å². The van der Waals surface area contributed by atoms with E-state index >= 15 is 0 Å². The monoisotopic (exact) mass is 519 g/mol. The molecular weight excluding hydrogens is 494 g/mol. The van der Waals surface area contributed by atoms with Gasteiger partial charge in [0.05, 0.1) is 5.01 Å². The number of aliphatic imine (C=N–C) groups is 1. The van der Waals surface area contributed by atoms with Gasteiger partial charge in [-0.25, -0.2) is 4.98 Å². The lowest BCUT2D eigenvalue weighted by Crippen LogP contribution is -2.45. The molecule has 1 saturated heterocycles. The standard InChI is InChI=1S/C16H24F3N5OS.HI/c1-10(2)14(25)24-7-5-11(8-24)22-15(20-3)21-6-4-13-23-12(9-26-13)16(17,18)19;/h9-11H,4-8H2,1-3H3,(H2,20,21,22);1H. The molecule has 1 aliphatic rings. The maximum Gasteiger partial charge on any atom is 0.434 e. The highest BCUT2D eigenvalue weighted by Gasteiger charge is 2.33. The first-order valence-electron chi connectivity index (χ1n) is 8.48. The Balaban J connectivity index is 0.00000364. The molecule has 0 aromatic carbocycles. The summed E-state index contributed by atoms with van der Waals surface area (Å²) in [5.41, 5.74) is -0.846. The average Bonchev–Trinajstić information content (AvgIpc) is 3.22. The molecule has 2 heterocycles. The zero-order valence-electron chi connectivity index (χ0n) is 15.5. The fourth-order valence-corrected chi connectivity index (χ4v) is 3.48. The van der Waals surface area contributed by atoms with Gasteiger partial charge in [-0.05, 0) is 6.42 Å². The highest BCUT2D eigenvalue weighted by molar-refractivity contribution is 14.0. The molecule has 2 rings (SSSR count). The fourth-order valence-electron chi connectivity index (χ4n) is 2.68. The van der Waals surface area contributed by atoms with Crippen LogP contribution in [-0.2, 0) is 17.4 Å². The lowest BCUT2D eigenvalue weighted by atomic mass is 10.2. The van der Waals surface area contributed by atoms with Crippen LogP contribution in [0.25, 0.3) is 0 Å². The highest BCUT2D eigenvalue weighted by Crippen LogP contribution is 2.30. The van der Waals surface area contributed by atoms with Gasteiger partial charge in [0.2, 0.25) is 5.91 Å². The normalized spacial score (nSPS) is 17.8. The molecule has 1 aromatic rings. The van der Waals surface area contributed by atoms with Crippen molar-refractivity contribution in [1.29, 1.82) is 0 Å². The molecule has 154 valence electrons. The van der Waals surface area contributed by atoms with Crippen molar-refractivity contribution >= 4 is 47.2 Å². The fraction of sp³-hybridized carbons (Fsp3) is 0.688. The molecular formula is C16H25F3IN5OS. The summed E-state index contributed by atoms with van der Waals surface area (Å²) < 4.78 is 37.6. The maximum atomic E-state index is 12.5. The van der Waals surface area contributed by atoms with Crippen LogP contribution in [0.15, 0.2) is 10.4 Å². The molecule has 1 fully saturated rings. The zero-order valence-corrected chi connectivity index (χ0v) is 18.6. The second kappa shape index (κ2) is 10.4. The summed E-state index contributed by atoms with van der Waals surface area (Å²) in [5, 5.41) is 7.79. The van der Waals surface area contributed by atoms with Gasteiger partial charge < -0.3 is 15.5 Å². The Kier molecular flexibility index (Phi) is 9.25. The van der Waals surface area contributed by atoms with Crippen molar-refractivity contribution in [2.24, 2.45) is 10.9 Å². The van der Waals surface area contributed by atoms with E-state index in [1.54, 1.807) is 7.05 Å². The highest BCUT2D eigenvalue weighted by atomic mass is 127. The van der Waals surface area contributed by atoms with Gasteiger partial charge in [0, 0.05) is 50.4 Å². The van der Waals surface area contributed by atoms with Gasteiger partial charge >= 0.3 is 6.18 Å². The van der Waals surface area contributed by atoms with Crippen molar-refractivity contribution in [3.8, 4) is 0 Å². The SMILES string of the molecule is CN=C(NCCc1nc(C(F)(F)F)cs1)NC1CCN(C(=O)C(C)C)C1.I. The Morgan fingerprint density at radius 3 is 2.74 bits per heavy atom. The van der Waals surface area contributed by atoms with E-state index in [2.05, 4.69) is 20.6 Å². The van der Waals surface area contributed by atoms with Crippen LogP contribution in [0, 0.1) is 5.92 Å². The Hall–Kier alpha value is -1.11. The maximum absolute atomic E-state index is 12.5. The quantitative estimate of drug-likeness (QED) is 0.357. The Labute approximate surface area is 178 Å². The molecule has 11 heteroatoms. The predicted octanol–water partition coefficient (Wildman–Crippen LogP) is 2.74. The van der Waals surface area contributed by atoms with Crippen LogP contribution in [0.2, 0.25) is 0 Å². The van der Waals surface area contributed by atoms with Gasteiger partial charge in [-0.15, -0.1) is 35.3 Å². The molecule has 2 N–H and O–H groups in total. The lowest BCUT2D eigenvalue weighted by molar-refractivity contribution is -0.140. The zero-order chi connectivity index (χ0) is 19.3. The molecule has 27 heavy (non-hydrogen) atoms. The van der Waals surface area contributed by atoms with E-state index in [1.165, 1.54) is 0 Å². The van der Waals surface area contributed by atoms with Crippen LogP contribution in [0.3, 0.4) is 0 Å². The number of alkyl halides is 3. The number of hydrogen-bond donors (Lipinski definition) is 2. The number of likely N-dealkylation sites (tertiary alicyclic amines) is 1. The van der Waals surface area contributed by atoms with Crippen LogP contribution in [0.5, 0.6) is 0 Å². The Bertz CT molecular complexity index is 650. The van der Waals surface area contributed by atoms with Crippen molar-refractivity contribution < 1.29 is 18.0 Å². The van der Waals surface area contributed by atoms with Gasteiger partial charge in [0.1, 0.15) is 0 Å². The number of aromatic nitrogens is 1. The second-order valence-electron chi connectivity index (χ2n) is 6.44. The number of carbonyl (C=O) groups excluding carboxylic acids is 1. The number of nitrogens with one attached hydrogen (secondary N) is 2. The van der Waals surface area contributed by atoms with Crippen molar-refractivity contribution in [1.82, 2.24) is 20.5 Å². The Morgan fingerprint density at radius 2 is 2.19 bits per heavy atom. The average molecular weight is 519 g/mol. The van der Waals surface area contributed by atoms with Crippen LogP contribution in [0.1, 0.15) is 31.0 Å². The molecule has 1 atom stereocenters. The third-order valence-electron chi connectivity index (χ3n) is 4.03. The minimum atomic E-state index is -4.40. The summed E-state index contributed by atoms with van der Waals surface area (Å²) in [7, 11) is 1.63. The summed E-state index contributed by atoms with van der Waals surface area (Å²) in [6.45, 7) is 5.52. The molecule has 0 bridgehead atoms. The summed E-state index contributed by atoms with van der Waals surface area (Å²) in [6, 6.07) is 0.112. The van der Waals surface area contributed by atoms with Crippen molar-refractivity contribution in [2.45, 2.75) is 38.9 Å². The summed E-state index contributed by atoms with van der Waals surface area (Å²) >= 11 is 0.999. The molecule has 0 aliphatic carbocycles. The third-order valence-corrected chi connectivity index (χ3v) is 4.94. The smallest absolute Gasteiger partial charge is 0.356 e. The topological polar surface area (TPSA) is 69.6 Å². The van der Waals surface area contributed by atoms with E-state index in [0.717, 1.165) is 23.1 Å². The van der Waals surface area contributed by atoms with E-state index in [4.69, 9.17) is 0 Å². The van der Waals surface area contributed by atoms with E-state index in [-0.39, 0.29) is 41.8 Å². The van der Waals surface area contributed by atoms with Gasteiger partial charge in [0.15, 0.2) is 11.7 Å². The number of halogens is 4. The first kappa shape index (κ1) is 23.9. The second-order valence-corrected chi connectivity index (χ2v) is 7.38. The van der Waals surface area contributed by atoms with E-state index in [1.807, 2.05) is 18.7 Å². The first-order valence-corrected chi connectivity index (χ1v) is 9.36. The lowest BCUT2D eigenvalue weighted by Gasteiger charge is -2.20. The number of nitrogens with zero attached hydrogens (tertiary/aromatic N) is 3. The van der Waals surface area contributed by atoms with Crippen molar-refractivity contribution in [3.63, 3.8) is 0 Å². The molecule has 1 unspecified atom stereocenters. The molecule has 6 nitrogen and oxygen atoms in total. The van der Waals surface area contributed by atoms with Gasteiger partial charge in [-0.1, -0.05) is 13.8 Å². The van der Waals surface area contributed by atoms with E-state index in [9.17, 15) is 18.0 Å². The minimum Gasteiger partial charge on any atom is -0.356 e. The first-order chi connectivity index (χ1) is 12.2. The summed E-state index contributed by atoms with van der Waals surface area (Å²) in [4.78, 5) is 21.6. The number of carbonyl (C=O) groups is 1. The van der Waals surface area contributed by atoms with Crippen molar-refractivity contribution in [3.05, 3.63) is 16.1 Å². The number of guanidine groups is 1. The molecule has 0 spiro atoms. The number of amides is 1. The van der Waals surface area contributed by atoms with Crippen LogP contribution < -0.4 is 10.6 Å².